The summed E-state index contributed by atoms with van der Waals surface area (Å²) < 4.78 is 17.9. The Morgan fingerprint density at radius 2 is 2.27 bits per heavy atom. The summed E-state index contributed by atoms with van der Waals surface area (Å²) in [6.45, 7) is 3.45. The predicted molar refractivity (Wildman–Crippen MR) is 51.8 cm³/mol. The van der Waals surface area contributed by atoms with E-state index in [-0.39, 0.29) is 17.7 Å². The molecule has 78 valence electrons. The average Bonchev–Trinajstić information content (AvgIpc) is 2.18. The van der Waals surface area contributed by atoms with E-state index >= 15 is 0 Å². The molecule has 0 saturated carbocycles. The molecule has 0 aromatic heterocycles. The lowest BCUT2D eigenvalue weighted by Crippen LogP contribution is -2.08. The summed E-state index contributed by atoms with van der Waals surface area (Å²) in [5.41, 5.74) is 0.436. The number of carbonyl (C=O) groups excluding carboxylic acids is 1. The molecule has 0 bridgehead atoms. The number of nitrogens with zero attached hydrogens (tertiary/aromatic N) is 1. The molecule has 0 aliphatic carbocycles. The quantitative estimate of drug-likeness (QED) is 0.698. The second-order valence-electron chi connectivity index (χ2n) is 2.93. The highest BCUT2D eigenvalue weighted by Gasteiger charge is 2.15. The monoisotopic (exact) mass is 207 g/mol. The zero-order valence-corrected chi connectivity index (χ0v) is 8.50. The molecule has 0 heterocycles. The van der Waals surface area contributed by atoms with E-state index in [1.807, 2.05) is 0 Å². The Hall–Kier alpha value is -1.89. The molecule has 0 aliphatic heterocycles. The number of esters is 1. The first-order chi connectivity index (χ1) is 7.11. The Kier molecular flexibility index (Phi) is 3.40. The van der Waals surface area contributed by atoms with E-state index in [1.165, 1.54) is 13.0 Å². The Bertz CT molecular complexity index is 435. The molecule has 0 spiro atoms. The van der Waals surface area contributed by atoms with Crippen molar-refractivity contribution in [3.05, 3.63) is 34.6 Å². The highest BCUT2D eigenvalue weighted by Crippen LogP contribution is 2.17. The lowest BCUT2D eigenvalue weighted by molar-refractivity contribution is 0.0525. The van der Waals surface area contributed by atoms with Crippen LogP contribution in [-0.2, 0) is 4.74 Å². The minimum atomic E-state index is -0.622. The van der Waals surface area contributed by atoms with Crippen LogP contribution >= 0.6 is 0 Å². The van der Waals surface area contributed by atoms with E-state index in [4.69, 9.17) is 10.00 Å². The molecule has 0 atom stereocenters. The van der Waals surface area contributed by atoms with Gasteiger partial charge in [-0.15, -0.1) is 0 Å². The Morgan fingerprint density at radius 3 is 2.80 bits per heavy atom. The third-order valence-corrected chi connectivity index (χ3v) is 2.02. The number of nitriles is 1. The van der Waals surface area contributed by atoms with Crippen molar-refractivity contribution in [2.45, 2.75) is 13.8 Å². The summed E-state index contributed by atoms with van der Waals surface area (Å²) in [5.74, 6) is -1.16. The van der Waals surface area contributed by atoms with Crippen molar-refractivity contribution in [2.24, 2.45) is 0 Å². The molecule has 0 radical (unpaired) electrons. The molecule has 0 saturated heterocycles. The second-order valence-corrected chi connectivity index (χ2v) is 2.93. The lowest BCUT2D eigenvalue weighted by atomic mass is 10.0. The summed E-state index contributed by atoms with van der Waals surface area (Å²) in [6, 6.07) is 4.14. The Morgan fingerprint density at radius 1 is 1.60 bits per heavy atom. The summed E-state index contributed by atoms with van der Waals surface area (Å²) in [5, 5.41) is 8.69. The molecule has 0 fully saturated rings. The molecule has 3 nitrogen and oxygen atoms in total. The maximum absolute atomic E-state index is 13.1. The van der Waals surface area contributed by atoms with Gasteiger partial charge in [0.05, 0.1) is 17.7 Å². The van der Waals surface area contributed by atoms with Gasteiger partial charge in [-0.25, -0.2) is 9.18 Å². The SMILES string of the molecule is CCOC(=O)c1ccc(F)c(C#N)c1C. The van der Waals surface area contributed by atoms with E-state index < -0.39 is 11.8 Å². The number of hydrogen-bond acceptors (Lipinski definition) is 3. The third-order valence-electron chi connectivity index (χ3n) is 2.02. The fraction of sp³-hybridized carbons (Fsp3) is 0.273. The first-order valence-electron chi connectivity index (χ1n) is 4.48. The van der Waals surface area contributed by atoms with Crippen LogP contribution in [0, 0.1) is 24.1 Å². The van der Waals surface area contributed by atoms with Gasteiger partial charge in [0.2, 0.25) is 0 Å². The number of hydrogen-bond donors (Lipinski definition) is 0. The van der Waals surface area contributed by atoms with E-state index in [1.54, 1.807) is 13.0 Å². The standard InChI is InChI=1S/C11H10FNO2/c1-3-15-11(14)8-4-5-10(12)9(6-13)7(8)2/h4-5H,3H2,1-2H3. The van der Waals surface area contributed by atoms with Crippen molar-refractivity contribution in [1.29, 1.82) is 5.26 Å². The van der Waals surface area contributed by atoms with Crippen LogP contribution in [0.1, 0.15) is 28.4 Å². The predicted octanol–water partition coefficient (Wildman–Crippen LogP) is 2.18. The van der Waals surface area contributed by atoms with E-state index in [0.29, 0.717) is 5.56 Å². The summed E-state index contributed by atoms with van der Waals surface area (Å²) in [4.78, 5) is 11.4. The zero-order valence-electron chi connectivity index (χ0n) is 8.50. The van der Waals surface area contributed by atoms with Crippen molar-refractivity contribution >= 4 is 5.97 Å². The molecule has 0 unspecified atom stereocenters. The molecule has 4 heteroatoms. The normalized spacial score (nSPS) is 9.47. The maximum Gasteiger partial charge on any atom is 0.338 e. The highest BCUT2D eigenvalue weighted by atomic mass is 19.1. The second kappa shape index (κ2) is 4.56. The van der Waals surface area contributed by atoms with Crippen molar-refractivity contribution in [3.63, 3.8) is 0 Å². The van der Waals surface area contributed by atoms with Gasteiger partial charge in [-0.3, -0.25) is 0 Å². The number of rotatable bonds is 2. The third kappa shape index (κ3) is 2.13. The lowest BCUT2D eigenvalue weighted by Gasteiger charge is -2.06. The van der Waals surface area contributed by atoms with Gasteiger partial charge in [-0.2, -0.15) is 5.26 Å². The summed E-state index contributed by atoms with van der Waals surface area (Å²) in [7, 11) is 0. The molecule has 0 aliphatic rings. The van der Waals surface area contributed by atoms with Crippen molar-refractivity contribution in [3.8, 4) is 6.07 Å². The zero-order chi connectivity index (χ0) is 11.4. The first-order valence-corrected chi connectivity index (χ1v) is 4.48. The summed E-state index contributed by atoms with van der Waals surface area (Å²) in [6.07, 6.45) is 0. The number of halogens is 1. The van der Waals surface area contributed by atoms with Crippen molar-refractivity contribution in [2.75, 3.05) is 6.61 Å². The minimum Gasteiger partial charge on any atom is -0.462 e. The smallest absolute Gasteiger partial charge is 0.338 e. The minimum absolute atomic E-state index is 0.111. The van der Waals surface area contributed by atoms with Gasteiger partial charge in [0.15, 0.2) is 0 Å². The van der Waals surface area contributed by atoms with Crippen LogP contribution in [0.4, 0.5) is 4.39 Å². The van der Waals surface area contributed by atoms with Crippen LogP contribution in [0.5, 0.6) is 0 Å². The fourth-order valence-electron chi connectivity index (χ4n) is 1.25. The van der Waals surface area contributed by atoms with Crippen LogP contribution < -0.4 is 0 Å². The van der Waals surface area contributed by atoms with Gasteiger partial charge in [-0.05, 0) is 31.5 Å². The van der Waals surface area contributed by atoms with E-state index in [2.05, 4.69) is 0 Å². The first kappa shape index (κ1) is 11.2. The number of benzene rings is 1. The topological polar surface area (TPSA) is 50.1 Å². The number of ether oxygens (including phenoxy) is 1. The van der Waals surface area contributed by atoms with E-state index in [9.17, 15) is 9.18 Å². The Labute approximate surface area is 87.1 Å². The molecule has 1 rings (SSSR count). The van der Waals surface area contributed by atoms with Crippen LogP contribution in [0.15, 0.2) is 12.1 Å². The molecule has 1 aromatic carbocycles. The van der Waals surface area contributed by atoms with Gasteiger partial charge >= 0.3 is 5.97 Å². The van der Waals surface area contributed by atoms with Gasteiger partial charge in [0.25, 0.3) is 0 Å². The van der Waals surface area contributed by atoms with Crippen LogP contribution in [-0.4, -0.2) is 12.6 Å². The average molecular weight is 207 g/mol. The van der Waals surface area contributed by atoms with Gasteiger partial charge in [-0.1, -0.05) is 0 Å². The Balaban J connectivity index is 3.23. The van der Waals surface area contributed by atoms with Gasteiger partial charge < -0.3 is 4.74 Å². The maximum atomic E-state index is 13.1. The fourth-order valence-corrected chi connectivity index (χ4v) is 1.25. The van der Waals surface area contributed by atoms with E-state index in [0.717, 1.165) is 6.07 Å². The molecule has 0 N–H and O–H groups in total. The molecular weight excluding hydrogens is 197 g/mol. The van der Waals surface area contributed by atoms with Crippen LogP contribution in [0.2, 0.25) is 0 Å². The summed E-state index contributed by atoms with van der Waals surface area (Å²) >= 11 is 0. The molecule has 0 amide bonds. The van der Waals surface area contributed by atoms with Crippen LogP contribution in [0.25, 0.3) is 0 Å². The van der Waals surface area contributed by atoms with Gasteiger partial charge in [0.1, 0.15) is 11.9 Å². The van der Waals surface area contributed by atoms with Crippen molar-refractivity contribution < 1.29 is 13.9 Å². The van der Waals surface area contributed by atoms with Crippen LogP contribution in [0.3, 0.4) is 0 Å². The van der Waals surface area contributed by atoms with Crippen molar-refractivity contribution in [1.82, 2.24) is 0 Å². The molecule has 15 heavy (non-hydrogen) atoms. The largest absolute Gasteiger partial charge is 0.462 e. The highest BCUT2D eigenvalue weighted by molar-refractivity contribution is 5.91. The van der Waals surface area contributed by atoms with Gasteiger partial charge in [0, 0.05) is 0 Å². The molecular formula is C11H10FNO2. The molecule has 1 aromatic rings. The number of carbonyl (C=O) groups is 1.